The van der Waals surface area contributed by atoms with E-state index in [2.05, 4.69) is 15.9 Å². The second-order valence-corrected chi connectivity index (χ2v) is 5.40. The molecule has 96 valence electrons. The Morgan fingerprint density at radius 2 is 1.89 bits per heavy atom. The van der Waals surface area contributed by atoms with Gasteiger partial charge in [0.05, 0.1) is 20.3 Å². The number of hydrogen-bond donors (Lipinski definition) is 1. The number of methoxy groups -OCH3 is 2. The number of rotatable bonds is 4. The Morgan fingerprint density at radius 3 is 2.44 bits per heavy atom. The highest BCUT2D eigenvalue weighted by atomic mass is 79.9. The zero-order valence-electron chi connectivity index (χ0n) is 10.1. The lowest BCUT2D eigenvalue weighted by Crippen LogP contribution is -2.12. The Morgan fingerprint density at radius 1 is 1.22 bits per heavy atom. The summed E-state index contributed by atoms with van der Waals surface area (Å²) >= 11 is 5.16. The number of halogens is 1. The summed E-state index contributed by atoms with van der Waals surface area (Å²) in [5.74, 6) is 1.37. The molecule has 0 bridgehead atoms. The van der Waals surface area contributed by atoms with Gasteiger partial charge in [-0.15, -0.1) is 0 Å². The summed E-state index contributed by atoms with van der Waals surface area (Å²) in [5, 5.41) is 4.07. The lowest BCUT2D eigenvalue weighted by Gasteiger charge is -2.16. The van der Waals surface area contributed by atoms with Crippen molar-refractivity contribution in [1.82, 2.24) is 0 Å². The van der Waals surface area contributed by atoms with Crippen LogP contribution in [0.4, 0.5) is 0 Å². The van der Waals surface area contributed by atoms with Crippen LogP contribution in [0.15, 0.2) is 33.4 Å². The zero-order valence-corrected chi connectivity index (χ0v) is 12.5. The highest BCUT2D eigenvalue weighted by Gasteiger charge is 2.16. The summed E-state index contributed by atoms with van der Waals surface area (Å²) in [5.41, 5.74) is 8.33. The van der Waals surface area contributed by atoms with Crippen LogP contribution in [0, 0.1) is 0 Å². The standard InChI is InChI=1S/C13H14BrNO2S/c1-16-11-5-9(10(14)6-12(11)17-2)13(15)8-3-4-18-7-8/h3-7,13H,15H2,1-2H3/t13-/m1/s1. The Labute approximate surface area is 119 Å². The van der Waals surface area contributed by atoms with Crippen LogP contribution in [-0.2, 0) is 0 Å². The Bertz CT molecular complexity index is 528. The van der Waals surface area contributed by atoms with E-state index in [1.54, 1.807) is 25.6 Å². The number of benzene rings is 1. The first-order valence-corrected chi connectivity index (χ1v) is 7.10. The first-order valence-electron chi connectivity index (χ1n) is 5.36. The first-order chi connectivity index (χ1) is 8.67. The minimum Gasteiger partial charge on any atom is -0.493 e. The predicted octanol–water partition coefficient (Wildman–Crippen LogP) is 3.58. The molecule has 2 aromatic rings. The summed E-state index contributed by atoms with van der Waals surface area (Å²) in [7, 11) is 3.23. The maximum Gasteiger partial charge on any atom is 0.161 e. The monoisotopic (exact) mass is 327 g/mol. The maximum atomic E-state index is 6.26. The minimum atomic E-state index is -0.176. The van der Waals surface area contributed by atoms with Gasteiger partial charge in [0, 0.05) is 4.47 Å². The van der Waals surface area contributed by atoms with E-state index in [9.17, 15) is 0 Å². The van der Waals surface area contributed by atoms with Crippen LogP contribution in [0.3, 0.4) is 0 Å². The van der Waals surface area contributed by atoms with Gasteiger partial charge in [0.15, 0.2) is 11.5 Å². The van der Waals surface area contributed by atoms with Crippen LogP contribution in [0.5, 0.6) is 11.5 Å². The molecule has 0 radical (unpaired) electrons. The van der Waals surface area contributed by atoms with E-state index in [1.165, 1.54) is 0 Å². The summed E-state index contributed by atoms with van der Waals surface area (Å²) in [6, 6.07) is 5.63. The van der Waals surface area contributed by atoms with Crippen molar-refractivity contribution >= 4 is 27.3 Å². The van der Waals surface area contributed by atoms with Gasteiger partial charge in [-0.05, 0) is 40.1 Å². The third kappa shape index (κ3) is 2.53. The molecule has 0 aliphatic carbocycles. The van der Waals surface area contributed by atoms with E-state index >= 15 is 0 Å². The van der Waals surface area contributed by atoms with Gasteiger partial charge in [-0.25, -0.2) is 0 Å². The largest absolute Gasteiger partial charge is 0.493 e. The van der Waals surface area contributed by atoms with Gasteiger partial charge in [-0.2, -0.15) is 11.3 Å². The molecule has 0 unspecified atom stereocenters. The predicted molar refractivity (Wildman–Crippen MR) is 77.6 cm³/mol. The number of thiophene rings is 1. The lowest BCUT2D eigenvalue weighted by atomic mass is 10.0. The molecule has 0 aliphatic heterocycles. The molecule has 1 aromatic carbocycles. The van der Waals surface area contributed by atoms with E-state index in [1.807, 2.05) is 29.0 Å². The van der Waals surface area contributed by atoms with Gasteiger partial charge >= 0.3 is 0 Å². The smallest absolute Gasteiger partial charge is 0.161 e. The molecule has 3 nitrogen and oxygen atoms in total. The fraction of sp³-hybridized carbons (Fsp3) is 0.231. The molecule has 1 atom stereocenters. The molecule has 0 saturated heterocycles. The molecule has 0 spiro atoms. The SMILES string of the molecule is COc1cc(Br)c([C@H](N)c2ccsc2)cc1OC. The third-order valence-corrected chi connectivity index (χ3v) is 4.13. The number of ether oxygens (including phenoxy) is 2. The highest BCUT2D eigenvalue weighted by molar-refractivity contribution is 9.10. The van der Waals surface area contributed by atoms with Crippen molar-refractivity contribution in [3.8, 4) is 11.5 Å². The highest BCUT2D eigenvalue weighted by Crippen LogP contribution is 2.37. The van der Waals surface area contributed by atoms with Crippen molar-refractivity contribution in [3.05, 3.63) is 44.6 Å². The third-order valence-electron chi connectivity index (χ3n) is 2.74. The van der Waals surface area contributed by atoms with Gasteiger partial charge < -0.3 is 15.2 Å². The van der Waals surface area contributed by atoms with Crippen molar-refractivity contribution in [1.29, 1.82) is 0 Å². The van der Waals surface area contributed by atoms with Crippen LogP contribution in [0.2, 0.25) is 0 Å². The molecule has 0 aliphatic rings. The molecule has 5 heteroatoms. The van der Waals surface area contributed by atoms with Gasteiger partial charge in [0.25, 0.3) is 0 Å². The van der Waals surface area contributed by atoms with Crippen molar-refractivity contribution in [2.45, 2.75) is 6.04 Å². The van der Waals surface area contributed by atoms with Crippen molar-refractivity contribution in [2.24, 2.45) is 5.73 Å². The normalized spacial score (nSPS) is 12.2. The molecule has 2 N–H and O–H groups in total. The van der Waals surface area contributed by atoms with Crippen LogP contribution in [-0.4, -0.2) is 14.2 Å². The second-order valence-electron chi connectivity index (χ2n) is 3.76. The van der Waals surface area contributed by atoms with E-state index in [-0.39, 0.29) is 6.04 Å². The molecule has 0 fully saturated rings. The molecule has 0 amide bonds. The maximum absolute atomic E-state index is 6.26. The fourth-order valence-electron chi connectivity index (χ4n) is 1.74. The van der Waals surface area contributed by atoms with Crippen molar-refractivity contribution in [2.75, 3.05) is 14.2 Å². The average molecular weight is 328 g/mol. The van der Waals surface area contributed by atoms with Crippen molar-refractivity contribution in [3.63, 3.8) is 0 Å². The molecular formula is C13H14BrNO2S. The Kier molecular flexibility index (Phi) is 4.27. The number of hydrogen-bond acceptors (Lipinski definition) is 4. The molecule has 2 rings (SSSR count). The summed E-state index contributed by atoms with van der Waals surface area (Å²) in [4.78, 5) is 0. The molecule has 1 aromatic heterocycles. The topological polar surface area (TPSA) is 44.5 Å². The van der Waals surface area contributed by atoms with Gasteiger partial charge in [0.2, 0.25) is 0 Å². The van der Waals surface area contributed by atoms with Crippen molar-refractivity contribution < 1.29 is 9.47 Å². The van der Waals surface area contributed by atoms with Gasteiger partial charge in [0.1, 0.15) is 0 Å². The number of nitrogens with two attached hydrogens (primary N) is 1. The summed E-state index contributed by atoms with van der Waals surface area (Å²) in [6.07, 6.45) is 0. The second kappa shape index (κ2) is 5.73. The summed E-state index contributed by atoms with van der Waals surface area (Å²) < 4.78 is 11.5. The van der Waals surface area contributed by atoms with E-state index in [4.69, 9.17) is 15.2 Å². The Balaban J connectivity index is 2.45. The zero-order chi connectivity index (χ0) is 13.1. The minimum absolute atomic E-state index is 0.176. The molecular weight excluding hydrogens is 314 g/mol. The quantitative estimate of drug-likeness (QED) is 0.933. The van der Waals surface area contributed by atoms with Gasteiger partial charge in [-0.1, -0.05) is 15.9 Å². The molecule has 18 heavy (non-hydrogen) atoms. The van der Waals surface area contributed by atoms with E-state index in [0.29, 0.717) is 11.5 Å². The molecule has 1 heterocycles. The van der Waals surface area contributed by atoms with Crippen LogP contribution in [0.1, 0.15) is 17.2 Å². The summed E-state index contributed by atoms with van der Waals surface area (Å²) in [6.45, 7) is 0. The lowest BCUT2D eigenvalue weighted by molar-refractivity contribution is 0.354. The molecule has 0 saturated carbocycles. The van der Waals surface area contributed by atoms with E-state index in [0.717, 1.165) is 15.6 Å². The van der Waals surface area contributed by atoms with Crippen LogP contribution in [0.25, 0.3) is 0 Å². The average Bonchev–Trinajstić information content (AvgIpc) is 2.91. The van der Waals surface area contributed by atoms with Crippen LogP contribution >= 0.6 is 27.3 Å². The van der Waals surface area contributed by atoms with Crippen LogP contribution < -0.4 is 15.2 Å². The van der Waals surface area contributed by atoms with Gasteiger partial charge in [-0.3, -0.25) is 0 Å². The fourth-order valence-corrected chi connectivity index (χ4v) is 3.01. The van der Waals surface area contributed by atoms with E-state index < -0.39 is 0 Å². The first kappa shape index (κ1) is 13.4. The Hall–Kier alpha value is -1.04.